The minimum absolute atomic E-state index is 0. The number of carboxylic acids is 1. The summed E-state index contributed by atoms with van der Waals surface area (Å²) in [6, 6.07) is 18.1. The number of benzene rings is 2. The normalized spacial score (nSPS) is 13.3. The van der Waals surface area contributed by atoms with Crippen molar-refractivity contribution in [1.82, 2.24) is 4.98 Å². The topological polar surface area (TPSA) is 62.2 Å². The Hall–Kier alpha value is -1.85. The van der Waals surface area contributed by atoms with E-state index >= 15 is 0 Å². The van der Waals surface area contributed by atoms with Crippen LogP contribution in [0.5, 0.6) is 5.75 Å². The van der Waals surface area contributed by atoms with Gasteiger partial charge < -0.3 is 14.6 Å². The smallest absolute Gasteiger partial charge is 0.543 e. The molecule has 142 valence electrons. The number of ether oxygens (including phenoxy) is 1. The minimum Gasteiger partial charge on any atom is -0.543 e. The number of hydrogen-bond donors (Lipinski definition) is 0. The molecule has 4 nitrogen and oxygen atoms in total. The maximum Gasteiger partial charge on any atom is 1.00 e. The van der Waals surface area contributed by atoms with E-state index in [0.29, 0.717) is 23.2 Å². The molecule has 1 aliphatic carbocycles. The molecule has 1 aliphatic rings. The average molecular weight is 416 g/mol. The Kier molecular flexibility index (Phi) is 7.36. The molecular weight excluding hydrogens is 397 g/mol. The molecular formula is C23H19ClNNaO3. The summed E-state index contributed by atoms with van der Waals surface area (Å²) < 4.78 is 6.12. The summed E-state index contributed by atoms with van der Waals surface area (Å²) in [6.07, 6.45) is 3.68. The fourth-order valence-corrected chi connectivity index (χ4v) is 3.52. The number of hydrogen-bond acceptors (Lipinski definition) is 4. The molecule has 2 aromatic carbocycles. The van der Waals surface area contributed by atoms with Crippen molar-refractivity contribution in [2.75, 3.05) is 6.61 Å². The molecule has 0 radical (unpaired) electrons. The van der Waals surface area contributed by atoms with E-state index in [0.717, 1.165) is 22.4 Å². The van der Waals surface area contributed by atoms with Gasteiger partial charge in [-0.15, -0.1) is 0 Å². The Morgan fingerprint density at radius 3 is 2.48 bits per heavy atom. The maximum atomic E-state index is 11.2. The second kappa shape index (κ2) is 9.77. The summed E-state index contributed by atoms with van der Waals surface area (Å²) in [7, 11) is 0. The molecule has 1 fully saturated rings. The number of carbonyl (C=O) groups is 1. The molecule has 0 N–H and O–H groups in total. The first-order chi connectivity index (χ1) is 13.6. The number of aromatic nitrogens is 1. The summed E-state index contributed by atoms with van der Waals surface area (Å²) in [4.78, 5) is 15.5. The number of halogens is 1. The van der Waals surface area contributed by atoms with Gasteiger partial charge in [-0.05, 0) is 54.7 Å². The first kappa shape index (κ1) is 21.8. The average Bonchev–Trinajstić information content (AvgIpc) is 2.68. The monoisotopic (exact) mass is 415 g/mol. The van der Waals surface area contributed by atoms with Crippen LogP contribution in [0.25, 0.3) is 22.4 Å². The minimum atomic E-state index is -1.30. The van der Waals surface area contributed by atoms with Crippen LogP contribution in [0.4, 0.5) is 0 Å². The van der Waals surface area contributed by atoms with Gasteiger partial charge in [-0.25, -0.2) is 4.98 Å². The first-order valence-corrected chi connectivity index (χ1v) is 9.70. The zero-order valence-corrected chi connectivity index (χ0v) is 19.0. The second-order valence-corrected chi connectivity index (χ2v) is 7.43. The Balaban J connectivity index is 0.00000240. The summed E-state index contributed by atoms with van der Waals surface area (Å²) in [6.45, 7) is 0.690. The second-order valence-electron chi connectivity index (χ2n) is 6.99. The molecule has 1 saturated carbocycles. The number of carboxylic acid groups (broad SMARTS) is 1. The maximum absolute atomic E-state index is 11.2. The fraction of sp³-hybridized carbons (Fsp3) is 0.217. The molecule has 0 unspecified atom stereocenters. The fourth-order valence-electron chi connectivity index (χ4n) is 3.35. The number of carbonyl (C=O) groups excluding carboxylic acids is 1. The molecule has 29 heavy (non-hydrogen) atoms. The SMILES string of the molecule is O=C([O-])c1cccc(-c2ccccc2-c2cc(Cl)ccc2OCC2CCC2)n1.[Na+]. The third-order valence-electron chi connectivity index (χ3n) is 5.09. The van der Waals surface area contributed by atoms with E-state index in [4.69, 9.17) is 16.3 Å². The van der Waals surface area contributed by atoms with Gasteiger partial charge in [0.05, 0.1) is 24.0 Å². The van der Waals surface area contributed by atoms with Crippen molar-refractivity contribution in [3.05, 3.63) is 71.4 Å². The Morgan fingerprint density at radius 2 is 1.79 bits per heavy atom. The molecule has 0 bridgehead atoms. The predicted molar refractivity (Wildman–Crippen MR) is 107 cm³/mol. The van der Waals surface area contributed by atoms with Crippen LogP contribution >= 0.6 is 11.6 Å². The standard InChI is InChI=1S/C23H20ClNO3.Na/c24-16-11-12-22(28-14-15-5-3-6-15)19(13-16)17-7-1-2-8-18(17)20-9-4-10-21(25-20)23(26)27;/h1-2,4,7-13,15H,3,5-6,14H2,(H,26,27);/q;+1/p-1. The molecule has 3 aromatic rings. The zero-order chi connectivity index (χ0) is 19.5. The van der Waals surface area contributed by atoms with E-state index in [-0.39, 0.29) is 35.3 Å². The Labute approximate surface area is 197 Å². The van der Waals surface area contributed by atoms with Crippen LogP contribution in [0.2, 0.25) is 5.02 Å². The van der Waals surface area contributed by atoms with Crippen molar-refractivity contribution in [3.8, 4) is 28.1 Å². The van der Waals surface area contributed by atoms with Crippen molar-refractivity contribution in [1.29, 1.82) is 0 Å². The molecule has 0 saturated heterocycles. The molecule has 0 atom stereocenters. The Morgan fingerprint density at radius 1 is 1.03 bits per heavy atom. The van der Waals surface area contributed by atoms with E-state index in [1.165, 1.54) is 25.3 Å². The molecule has 1 aromatic heterocycles. The van der Waals surface area contributed by atoms with Gasteiger partial charge in [0.15, 0.2) is 0 Å². The van der Waals surface area contributed by atoms with Gasteiger partial charge in [-0.2, -0.15) is 0 Å². The predicted octanol–water partition coefficient (Wildman–Crippen LogP) is 1.62. The van der Waals surface area contributed by atoms with Crippen LogP contribution in [0.1, 0.15) is 29.8 Å². The van der Waals surface area contributed by atoms with E-state index in [9.17, 15) is 9.90 Å². The van der Waals surface area contributed by atoms with Crippen molar-refractivity contribution < 1.29 is 44.2 Å². The summed E-state index contributed by atoms with van der Waals surface area (Å²) in [5.74, 6) is 0.0756. The van der Waals surface area contributed by atoms with Crippen molar-refractivity contribution in [2.24, 2.45) is 5.92 Å². The summed E-state index contributed by atoms with van der Waals surface area (Å²) in [5.41, 5.74) is 3.02. The summed E-state index contributed by atoms with van der Waals surface area (Å²) in [5, 5.41) is 11.8. The van der Waals surface area contributed by atoms with E-state index in [1.54, 1.807) is 12.1 Å². The van der Waals surface area contributed by atoms with Gasteiger partial charge >= 0.3 is 29.6 Å². The molecule has 0 spiro atoms. The van der Waals surface area contributed by atoms with Gasteiger partial charge in [-0.1, -0.05) is 48.4 Å². The third-order valence-corrected chi connectivity index (χ3v) is 5.33. The van der Waals surface area contributed by atoms with E-state index < -0.39 is 5.97 Å². The van der Waals surface area contributed by atoms with Gasteiger partial charge in [-0.3, -0.25) is 0 Å². The molecule has 0 aliphatic heterocycles. The quantitative estimate of drug-likeness (QED) is 0.574. The largest absolute Gasteiger partial charge is 1.00 e. The van der Waals surface area contributed by atoms with Crippen LogP contribution in [-0.2, 0) is 0 Å². The van der Waals surface area contributed by atoms with Gasteiger partial charge in [0.1, 0.15) is 5.75 Å². The van der Waals surface area contributed by atoms with Crippen molar-refractivity contribution in [3.63, 3.8) is 0 Å². The number of rotatable bonds is 6. The van der Waals surface area contributed by atoms with E-state index in [1.807, 2.05) is 42.5 Å². The number of aromatic carboxylic acids is 1. The third kappa shape index (κ3) is 5.01. The zero-order valence-electron chi connectivity index (χ0n) is 16.2. The van der Waals surface area contributed by atoms with Gasteiger partial charge in [0.25, 0.3) is 0 Å². The molecule has 1 heterocycles. The molecule has 0 amide bonds. The number of nitrogens with zero attached hydrogens (tertiary/aromatic N) is 1. The van der Waals surface area contributed by atoms with Crippen LogP contribution in [0.3, 0.4) is 0 Å². The van der Waals surface area contributed by atoms with Gasteiger partial charge in [0.2, 0.25) is 0 Å². The molecule has 6 heteroatoms. The van der Waals surface area contributed by atoms with Crippen LogP contribution in [0, 0.1) is 5.92 Å². The molecule has 4 rings (SSSR count). The van der Waals surface area contributed by atoms with Crippen molar-refractivity contribution >= 4 is 17.6 Å². The van der Waals surface area contributed by atoms with Gasteiger partial charge in [0, 0.05) is 16.1 Å². The van der Waals surface area contributed by atoms with Crippen LogP contribution in [0.15, 0.2) is 60.7 Å². The van der Waals surface area contributed by atoms with Crippen molar-refractivity contribution in [2.45, 2.75) is 19.3 Å². The summed E-state index contributed by atoms with van der Waals surface area (Å²) >= 11 is 6.28. The van der Waals surface area contributed by atoms with Crippen LogP contribution in [-0.4, -0.2) is 17.6 Å². The number of pyridine rings is 1. The van der Waals surface area contributed by atoms with E-state index in [2.05, 4.69) is 4.98 Å². The Bertz CT molecular complexity index is 1020. The first-order valence-electron chi connectivity index (χ1n) is 9.32. The van der Waals surface area contributed by atoms with Crippen LogP contribution < -0.4 is 39.4 Å².